The molecule has 0 atom stereocenters. The number of aromatic nitrogens is 1. The van der Waals surface area contributed by atoms with Gasteiger partial charge in [0.1, 0.15) is 0 Å². The molecule has 0 radical (unpaired) electrons. The minimum Gasteiger partial charge on any atom is -0.493 e. The second-order valence-electron chi connectivity index (χ2n) is 7.07. The summed E-state index contributed by atoms with van der Waals surface area (Å²) >= 11 is 6.63. The van der Waals surface area contributed by atoms with Crippen LogP contribution in [0.25, 0.3) is 21.8 Å². The van der Waals surface area contributed by atoms with Crippen LogP contribution in [-0.4, -0.2) is 43.2 Å². The lowest BCUT2D eigenvalue weighted by Gasteiger charge is -2.26. The number of halogens is 1. The fraction of sp³-hybridized carbons (Fsp3) is 0.409. The van der Waals surface area contributed by atoms with Crippen molar-refractivity contribution in [1.82, 2.24) is 9.88 Å². The number of pyridine rings is 1. The first-order chi connectivity index (χ1) is 13.3. The van der Waals surface area contributed by atoms with Crippen LogP contribution in [0, 0.1) is 0 Å². The molecule has 1 fully saturated rings. The number of nitrogens with zero attached hydrogens (tertiary/aromatic N) is 2. The number of methoxy groups -OCH3 is 1. The quantitative estimate of drug-likeness (QED) is 0.426. The van der Waals surface area contributed by atoms with Gasteiger partial charge in [0.2, 0.25) is 0 Å². The highest BCUT2D eigenvalue weighted by Crippen LogP contribution is 2.37. The number of likely N-dealkylation sites (tertiary alicyclic amines) is 1. The fourth-order valence-electron chi connectivity index (χ4n) is 3.77. The Hall–Kier alpha value is -2.04. The van der Waals surface area contributed by atoms with Gasteiger partial charge in [-0.15, -0.1) is 0 Å². The molecule has 0 amide bonds. The minimum atomic E-state index is 0.666. The van der Waals surface area contributed by atoms with E-state index < -0.39 is 0 Å². The summed E-state index contributed by atoms with van der Waals surface area (Å²) in [6.45, 7) is 4.19. The zero-order valence-corrected chi connectivity index (χ0v) is 16.5. The first kappa shape index (κ1) is 18.3. The number of para-hydroxylation sites is 1. The molecule has 1 aliphatic rings. The van der Waals surface area contributed by atoms with Crippen molar-refractivity contribution in [2.24, 2.45) is 0 Å². The molecule has 5 heteroatoms. The van der Waals surface area contributed by atoms with E-state index in [4.69, 9.17) is 26.1 Å². The molecule has 0 spiro atoms. The molecule has 1 saturated heterocycles. The van der Waals surface area contributed by atoms with Gasteiger partial charge in [0.05, 0.1) is 29.8 Å². The molecule has 2 heterocycles. The Morgan fingerprint density at radius 2 is 1.81 bits per heavy atom. The van der Waals surface area contributed by atoms with Crippen molar-refractivity contribution in [1.29, 1.82) is 0 Å². The van der Waals surface area contributed by atoms with Crippen LogP contribution in [0.4, 0.5) is 0 Å². The number of hydrogen-bond acceptors (Lipinski definition) is 4. The zero-order valence-electron chi connectivity index (χ0n) is 15.7. The predicted molar refractivity (Wildman–Crippen MR) is 111 cm³/mol. The van der Waals surface area contributed by atoms with Gasteiger partial charge >= 0.3 is 0 Å². The Balaban J connectivity index is 1.53. The third-order valence-corrected chi connectivity index (χ3v) is 5.63. The predicted octanol–water partition coefficient (Wildman–Crippen LogP) is 5.30. The highest BCUT2D eigenvalue weighted by molar-refractivity contribution is 6.40. The first-order valence-corrected chi connectivity index (χ1v) is 10.1. The van der Waals surface area contributed by atoms with Crippen LogP contribution < -0.4 is 9.47 Å². The van der Waals surface area contributed by atoms with E-state index in [1.54, 1.807) is 7.11 Å². The molecular formula is C22H25ClN2O2. The van der Waals surface area contributed by atoms with Gasteiger partial charge in [-0.05, 0) is 44.5 Å². The molecule has 27 heavy (non-hydrogen) atoms. The lowest BCUT2D eigenvalue weighted by Crippen LogP contribution is -2.31. The molecule has 4 nitrogen and oxygen atoms in total. The zero-order chi connectivity index (χ0) is 18.6. The maximum Gasteiger partial charge on any atom is 0.163 e. The summed E-state index contributed by atoms with van der Waals surface area (Å²) in [5.41, 5.74) is 1.71. The lowest BCUT2D eigenvalue weighted by atomic mass is 10.1. The third-order valence-electron chi connectivity index (χ3n) is 5.22. The van der Waals surface area contributed by atoms with Gasteiger partial charge in [-0.25, -0.2) is 4.98 Å². The van der Waals surface area contributed by atoms with E-state index in [-0.39, 0.29) is 0 Å². The first-order valence-electron chi connectivity index (χ1n) is 9.67. The molecule has 0 N–H and O–H groups in total. The smallest absolute Gasteiger partial charge is 0.163 e. The maximum atomic E-state index is 6.63. The van der Waals surface area contributed by atoms with Crippen LogP contribution >= 0.6 is 11.6 Å². The van der Waals surface area contributed by atoms with Gasteiger partial charge in [0, 0.05) is 23.4 Å². The molecule has 1 aliphatic heterocycles. The number of fused-ring (bicyclic) bond motifs is 2. The number of piperidine rings is 1. The van der Waals surface area contributed by atoms with Crippen LogP contribution in [0.1, 0.15) is 25.7 Å². The largest absolute Gasteiger partial charge is 0.493 e. The molecule has 0 aliphatic carbocycles. The Labute approximate surface area is 165 Å². The average molecular weight is 385 g/mol. The highest BCUT2D eigenvalue weighted by Gasteiger charge is 2.14. The molecule has 0 unspecified atom stereocenters. The van der Waals surface area contributed by atoms with Gasteiger partial charge in [-0.3, -0.25) is 0 Å². The van der Waals surface area contributed by atoms with Crippen LogP contribution in [0.3, 0.4) is 0 Å². The van der Waals surface area contributed by atoms with Crippen molar-refractivity contribution < 1.29 is 9.47 Å². The number of hydrogen-bond donors (Lipinski definition) is 0. The summed E-state index contributed by atoms with van der Waals surface area (Å²) in [6.07, 6.45) is 5.01. The molecule has 0 saturated carbocycles. The molecule has 0 bridgehead atoms. The fourth-order valence-corrected chi connectivity index (χ4v) is 4.09. The molecule has 1 aromatic heterocycles. The minimum absolute atomic E-state index is 0.666. The molecular weight excluding hydrogens is 360 g/mol. The van der Waals surface area contributed by atoms with Crippen molar-refractivity contribution in [2.75, 3.05) is 33.4 Å². The number of ether oxygens (including phenoxy) is 2. The topological polar surface area (TPSA) is 34.6 Å². The number of rotatable bonds is 6. The van der Waals surface area contributed by atoms with Crippen LogP contribution in [-0.2, 0) is 0 Å². The molecule has 4 rings (SSSR count). The summed E-state index contributed by atoms with van der Waals surface area (Å²) in [6, 6.07) is 11.8. The van der Waals surface area contributed by atoms with Crippen molar-refractivity contribution in [3.63, 3.8) is 0 Å². The van der Waals surface area contributed by atoms with E-state index in [0.717, 1.165) is 40.5 Å². The molecule has 142 valence electrons. The lowest BCUT2D eigenvalue weighted by molar-refractivity contribution is 0.203. The van der Waals surface area contributed by atoms with E-state index in [1.807, 2.05) is 36.4 Å². The monoisotopic (exact) mass is 384 g/mol. The summed E-state index contributed by atoms with van der Waals surface area (Å²) in [5.74, 6) is 1.42. The third kappa shape index (κ3) is 3.97. The van der Waals surface area contributed by atoms with Crippen molar-refractivity contribution >= 4 is 33.4 Å². The second kappa shape index (κ2) is 8.32. The second-order valence-corrected chi connectivity index (χ2v) is 7.45. The van der Waals surface area contributed by atoms with Crippen LogP contribution in [0.15, 0.2) is 36.4 Å². The standard InChI is InChI=1S/C22H25ClN2O2/c1-26-20-14-17-19(24-18-9-4-3-8-16(18)22(17)23)15-21(20)27-13-7-12-25-10-5-2-6-11-25/h3-4,8-9,14-15H,2,5-7,10-13H2,1H3. The summed E-state index contributed by atoms with van der Waals surface area (Å²) in [4.78, 5) is 7.27. The summed E-state index contributed by atoms with van der Waals surface area (Å²) in [7, 11) is 1.66. The van der Waals surface area contributed by atoms with Crippen molar-refractivity contribution in [3.8, 4) is 11.5 Å². The Morgan fingerprint density at radius 3 is 2.63 bits per heavy atom. The van der Waals surface area contributed by atoms with Crippen molar-refractivity contribution in [3.05, 3.63) is 41.4 Å². The van der Waals surface area contributed by atoms with Crippen LogP contribution in [0.2, 0.25) is 5.02 Å². The van der Waals surface area contributed by atoms with Gasteiger partial charge in [0.25, 0.3) is 0 Å². The van der Waals surface area contributed by atoms with Crippen molar-refractivity contribution in [2.45, 2.75) is 25.7 Å². The maximum absolute atomic E-state index is 6.63. The van der Waals surface area contributed by atoms with E-state index in [0.29, 0.717) is 17.4 Å². The molecule has 2 aromatic carbocycles. The SMILES string of the molecule is COc1cc2c(Cl)c3ccccc3nc2cc1OCCCN1CCCCC1. The van der Waals surface area contributed by atoms with Crippen LogP contribution in [0.5, 0.6) is 11.5 Å². The molecule has 3 aromatic rings. The Morgan fingerprint density at radius 1 is 1.00 bits per heavy atom. The van der Waals surface area contributed by atoms with E-state index >= 15 is 0 Å². The Kier molecular flexibility index (Phi) is 5.65. The van der Waals surface area contributed by atoms with E-state index in [2.05, 4.69) is 4.90 Å². The summed E-state index contributed by atoms with van der Waals surface area (Å²) < 4.78 is 11.6. The van der Waals surface area contributed by atoms with Gasteiger partial charge in [0.15, 0.2) is 11.5 Å². The van der Waals surface area contributed by atoms with E-state index in [1.165, 1.54) is 32.4 Å². The van der Waals surface area contributed by atoms with Gasteiger partial charge < -0.3 is 14.4 Å². The van der Waals surface area contributed by atoms with Gasteiger partial charge in [-0.2, -0.15) is 0 Å². The van der Waals surface area contributed by atoms with Gasteiger partial charge in [-0.1, -0.05) is 36.2 Å². The number of benzene rings is 2. The highest BCUT2D eigenvalue weighted by atomic mass is 35.5. The van der Waals surface area contributed by atoms with E-state index in [9.17, 15) is 0 Å². The average Bonchev–Trinajstić information content (AvgIpc) is 2.72. The normalized spacial score (nSPS) is 15.3. The Bertz CT molecular complexity index is 938. The summed E-state index contributed by atoms with van der Waals surface area (Å²) in [5, 5.41) is 2.53.